The van der Waals surface area contributed by atoms with Crippen LogP contribution in [0, 0.1) is 17.2 Å². The Bertz CT molecular complexity index is 450. The average molecular weight is 244 g/mol. The number of hydrogen-bond acceptors (Lipinski definition) is 3. The zero-order valence-corrected chi connectivity index (χ0v) is 11.1. The topological polar surface area (TPSA) is 45.0 Å². The molecule has 2 unspecified atom stereocenters. The molecular formula is C15H20N2O. The number of fused-ring (bicyclic) bond motifs is 1. The molecule has 0 aromatic heterocycles. The number of aryl methyl sites for hydroxylation is 1. The molecule has 1 N–H and O–H groups in total. The van der Waals surface area contributed by atoms with Crippen molar-refractivity contribution in [2.24, 2.45) is 5.92 Å². The first kappa shape index (κ1) is 12.9. The fourth-order valence-electron chi connectivity index (χ4n) is 2.58. The van der Waals surface area contributed by atoms with Gasteiger partial charge in [-0.2, -0.15) is 5.26 Å². The third-order valence-corrected chi connectivity index (χ3v) is 3.61. The number of hydrogen-bond donors (Lipinski definition) is 1. The van der Waals surface area contributed by atoms with Crippen LogP contribution in [0.4, 0.5) is 0 Å². The summed E-state index contributed by atoms with van der Waals surface area (Å²) in [7, 11) is 1.92. The molecule has 18 heavy (non-hydrogen) atoms. The second kappa shape index (κ2) is 5.88. The minimum atomic E-state index is 0.0116. The molecule has 0 spiro atoms. The van der Waals surface area contributed by atoms with Crippen LogP contribution < -0.4 is 10.1 Å². The molecular weight excluding hydrogens is 224 g/mol. The predicted molar refractivity (Wildman–Crippen MR) is 71.5 cm³/mol. The first-order valence-corrected chi connectivity index (χ1v) is 6.62. The van der Waals surface area contributed by atoms with Crippen molar-refractivity contribution in [2.45, 2.75) is 32.2 Å². The van der Waals surface area contributed by atoms with Crippen LogP contribution >= 0.6 is 0 Å². The van der Waals surface area contributed by atoms with E-state index in [9.17, 15) is 5.26 Å². The van der Waals surface area contributed by atoms with Gasteiger partial charge in [0.25, 0.3) is 0 Å². The summed E-state index contributed by atoms with van der Waals surface area (Å²) in [5.74, 6) is 1.02. The number of ether oxygens (including phenoxy) is 1. The molecule has 0 bridgehead atoms. The quantitative estimate of drug-likeness (QED) is 0.885. The highest BCUT2D eigenvalue weighted by atomic mass is 16.5. The summed E-state index contributed by atoms with van der Waals surface area (Å²) in [6, 6.07) is 8.80. The summed E-state index contributed by atoms with van der Waals surface area (Å²) in [6.07, 6.45) is 3.01. The number of nitriles is 1. The van der Waals surface area contributed by atoms with Gasteiger partial charge in [0.15, 0.2) is 0 Å². The highest BCUT2D eigenvalue weighted by Crippen LogP contribution is 2.31. The molecule has 0 radical (unpaired) electrons. The molecule has 0 saturated heterocycles. The molecule has 1 heterocycles. The van der Waals surface area contributed by atoms with Crippen LogP contribution in [0.15, 0.2) is 18.2 Å². The van der Waals surface area contributed by atoms with Crippen molar-refractivity contribution in [3.63, 3.8) is 0 Å². The van der Waals surface area contributed by atoms with Crippen LogP contribution in [-0.2, 0) is 6.42 Å². The second-order valence-corrected chi connectivity index (χ2v) is 4.73. The van der Waals surface area contributed by atoms with Gasteiger partial charge in [0.2, 0.25) is 0 Å². The van der Waals surface area contributed by atoms with Crippen molar-refractivity contribution >= 4 is 0 Å². The lowest BCUT2D eigenvalue weighted by Gasteiger charge is -2.24. The Balaban J connectivity index is 2.29. The fourth-order valence-corrected chi connectivity index (χ4v) is 2.58. The highest BCUT2D eigenvalue weighted by molar-refractivity contribution is 5.40. The Hall–Kier alpha value is -1.53. The van der Waals surface area contributed by atoms with Crippen molar-refractivity contribution < 1.29 is 4.74 Å². The van der Waals surface area contributed by atoms with E-state index in [1.165, 1.54) is 11.1 Å². The van der Waals surface area contributed by atoms with E-state index in [1.54, 1.807) is 0 Å². The number of nitrogens with zero attached hydrogens (tertiary/aromatic N) is 1. The normalized spacial score (nSPS) is 17.2. The lowest BCUT2D eigenvalue weighted by Crippen LogP contribution is -2.24. The molecule has 96 valence electrons. The van der Waals surface area contributed by atoms with E-state index in [0.29, 0.717) is 0 Å². The van der Waals surface area contributed by atoms with E-state index >= 15 is 0 Å². The molecule has 1 aliphatic rings. The molecule has 0 amide bonds. The highest BCUT2D eigenvalue weighted by Gasteiger charge is 2.21. The van der Waals surface area contributed by atoms with Gasteiger partial charge < -0.3 is 10.1 Å². The van der Waals surface area contributed by atoms with E-state index in [-0.39, 0.29) is 12.0 Å². The molecule has 1 aliphatic heterocycles. The zero-order chi connectivity index (χ0) is 13.0. The second-order valence-electron chi connectivity index (χ2n) is 4.73. The maximum atomic E-state index is 9.21. The van der Waals surface area contributed by atoms with Crippen LogP contribution in [0.2, 0.25) is 0 Å². The summed E-state index contributed by atoms with van der Waals surface area (Å²) in [6.45, 7) is 2.87. The molecule has 0 saturated carbocycles. The number of benzene rings is 1. The van der Waals surface area contributed by atoms with Crippen molar-refractivity contribution in [3.05, 3.63) is 29.3 Å². The van der Waals surface area contributed by atoms with E-state index in [0.717, 1.165) is 31.6 Å². The van der Waals surface area contributed by atoms with Crippen molar-refractivity contribution in [2.75, 3.05) is 13.7 Å². The fraction of sp³-hybridized carbons (Fsp3) is 0.533. The van der Waals surface area contributed by atoms with Gasteiger partial charge >= 0.3 is 0 Å². The van der Waals surface area contributed by atoms with Gasteiger partial charge in [0, 0.05) is 6.04 Å². The first-order chi connectivity index (χ1) is 8.80. The van der Waals surface area contributed by atoms with Crippen LogP contribution in [-0.4, -0.2) is 13.7 Å². The van der Waals surface area contributed by atoms with Gasteiger partial charge in [0.1, 0.15) is 5.75 Å². The smallest absolute Gasteiger partial charge is 0.122 e. The van der Waals surface area contributed by atoms with Crippen molar-refractivity contribution in [1.82, 2.24) is 5.32 Å². The molecule has 3 heteroatoms. The third kappa shape index (κ3) is 2.49. The third-order valence-electron chi connectivity index (χ3n) is 3.61. The van der Waals surface area contributed by atoms with E-state index in [4.69, 9.17) is 4.74 Å². The summed E-state index contributed by atoms with van der Waals surface area (Å²) in [5.41, 5.74) is 2.46. The number of nitrogens with one attached hydrogen (secondary N) is 1. The molecule has 0 aliphatic carbocycles. The van der Waals surface area contributed by atoms with Gasteiger partial charge in [-0.1, -0.05) is 19.1 Å². The monoisotopic (exact) mass is 244 g/mol. The van der Waals surface area contributed by atoms with Gasteiger partial charge in [-0.15, -0.1) is 0 Å². The van der Waals surface area contributed by atoms with Gasteiger partial charge in [-0.05, 0) is 43.5 Å². The maximum Gasteiger partial charge on any atom is 0.122 e. The van der Waals surface area contributed by atoms with Crippen LogP contribution in [0.1, 0.15) is 36.9 Å². The van der Waals surface area contributed by atoms with Crippen LogP contribution in [0.25, 0.3) is 0 Å². The number of rotatable bonds is 4. The zero-order valence-electron chi connectivity index (χ0n) is 11.1. The Morgan fingerprint density at radius 1 is 1.50 bits per heavy atom. The molecule has 2 rings (SSSR count). The Kier molecular flexibility index (Phi) is 4.22. The predicted octanol–water partition coefficient (Wildman–Crippen LogP) is 2.82. The van der Waals surface area contributed by atoms with E-state index in [1.807, 2.05) is 13.1 Å². The first-order valence-electron chi connectivity index (χ1n) is 6.62. The molecule has 3 nitrogen and oxygen atoms in total. The Morgan fingerprint density at radius 2 is 2.33 bits per heavy atom. The van der Waals surface area contributed by atoms with E-state index < -0.39 is 0 Å². The largest absolute Gasteiger partial charge is 0.493 e. The molecule has 1 aromatic carbocycles. The van der Waals surface area contributed by atoms with Crippen molar-refractivity contribution in [3.8, 4) is 11.8 Å². The lowest BCUT2D eigenvalue weighted by atomic mass is 9.90. The van der Waals surface area contributed by atoms with Gasteiger partial charge in [-0.25, -0.2) is 0 Å². The Morgan fingerprint density at radius 3 is 3.00 bits per heavy atom. The summed E-state index contributed by atoms with van der Waals surface area (Å²) in [5, 5.41) is 12.5. The molecule has 2 atom stereocenters. The minimum Gasteiger partial charge on any atom is -0.493 e. The molecule has 1 aromatic rings. The van der Waals surface area contributed by atoms with Crippen molar-refractivity contribution in [1.29, 1.82) is 5.26 Å². The Labute approximate surface area is 109 Å². The minimum absolute atomic E-state index is 0.0116. The maximum absolute atomic E-state index is 9.21. The van der Waals surface area contributed by atoms with Crippen LogP contribution in [0.3, 0.4) is 0 Å². The van der Waals surface area contributed by atoms with Gasteiger partial charge in [0.05, 0.1) is 18.6 Å². The van der Waals surface area contributed by atoms with E-state index in [2.05, 4.69) is 30.4 Å². The molecule has 0 fully saturated rings. The summed E-state index contributed by atoms with van der Waals surface area (Å²) in [4.78, 5) is 0. The van der Waals surface area contributed by atoms with Crippen LogP contribution in [0.5, 0.6) is 5.75 Å². The SMILES string of the molecule is CCC(C#N)C(NC)c1ccc2c(c1)CCCO2. The summed E-state index contributed by atoms with van der Waals surface area (Å²) >= 11 is 0. The lowest BCUT2D eigenvalue weighted by molar-refractivity contribution is 0.288. The average Bonchev–Trinajstić information content (AvgIpc) is 2.44. The van der Waals surface area contributed by atoms with Gasteiger partial charge in [-0.3, -0.25) is 0 Å². The summed E-state index contributed by atoms with van der Waals surface area (Å²) < 4.78 is 5.62. The standard InChI is InChI=1S/C15H20N2O/c1-3-11(10-16)15(17-2)13-6-7-14-12(9-13)5-4-8-18-14/h6-7,9,11,15,17H,3-5,8H2,1-2H3.